The lowest BCUT2D eigenvalue weighted by Crippen LogP contribution is -2.38. The van der Waals surface area contributed by atoms with Gasteiger partial charge in [-0.2, -0.15) is 0 Å². The van der Waals surface area contributed by atoms with Crippen molar-refractivity contribution in [2.45, 2.75) is 18.6 Å². The molecule has 1 saturated heterocycles. The Morgan fingerprint density at radius 1 is 1.67 bits per heavy atom. The summed E-state index contributed by atoms with van der Waals surface area (Å²) in [5.41, 5.74) is 0.523. The molecule has 0 spiro atoms. The standard InChI is InChI=1S/C12H17ClN2O3/c1-14-5-8(13)3-11(14)12(17)15-6-10(18-2)4-9(15)7-16/h3,5,9-10,16H,4,6-7H2,1-2H3/t9-,10-/m0/s1. The number of amides is 1. The molecule has 0 saturated carbocycles. The summed E-state index contributed by atoms with van der Waals surface area (Å²) in [4.78, 5) is 14.0. The van der Waals surface area contributed by atoms with E-state index in [2.05, 4.69) is 0 Å². The van der Waals surface area contributed by atoms with Crippen LogP contribution >= 0.6 is 11.6 Å². The quantitative estimate of drug-likeness (QED) is 0.890. The van der Waals surface area contributed by atoms with Crippen LogP contribution in [0.4, 0.5) is 0 Å². The molecule has 1 fully saturated rings. The molecule has 0 radical (unpaired) electrons. The summed E-state index contributed by atoms with van der Waals surface area (Å²) < 4.78 is 6.95. The van der Waals surface area contributed by atoms with E-state index in [1.165, 1.54) is 0 Å². The minimum Gasteiger partial charge on any atom is -0.394 e. The number of nitrogens with zero attached hydrogens (tertiary/aromatic N) is 2. The van der Waals surface area contributed by atoms with Crippen LogP contribution in [0.1, 0.15) is 16.9 Å². The molecule has 0 aliphatic carbocycles. The van der Waals surface area contributed by atoms with Gasteiger partial charge in [0.15, 0.2) is 0 Å². The van der Waals surface area contributed by atoms with E-state index in [1.807, 2.05) is 0 Å². The van der Waals surface area contributed by atoms with Crippen molar-refractivity contribution < 1.29 is 14.6 Å². The summed E-state index contributed by atoms with van der Waals surface area (Å²) in [5, 5.41) is 9.87. The SMILES string of the molecule is CO[C@H]1C[C@@H](CO)N(C(=O)c2cc(Cl)cn2C)C1. The molecular formula is C12H17ClN2O3. The highest BCUT2D eigenvalue weighted by Gasteiger charge is 2.36. The minimum atomic E-state index is -0.184. The van der Waals surface area contributed by atoms with Crippen LogP contribution in [0.2, 0.25) is 5.02 Å². The maximum absolute atomic E-state index is 12.4. The molecule has 100 valence electrons. The highest BCUT2D eigenvalue weighted by atomic mass is 35.5. The molecule has 0 aromatic carbocycles. The number of carbonyl (C=O) groups excluding carboxylic acids is 1. The van der Waals surface area contributed by atoms with E-state index in [0.717, 1.165) is 0 Å². The maximum atomic E-state index is 12.4. The van der Waals surface area contributed by atoms with E-state index in [0.29, 0.717) is 23.7 Å². The van der Waals surface area contributed by atoms with Gasteiger partial charge in [-0.3, -0.25) is 4.79 Å². The Morgan fingerprint density at radius 3 is 2.89 bits per heavy atom. The number of carbonyl (C=O) groups is 1. The fraction of sp³-hybridized carbons (Fsp3) is 0.583. The Morgan fingerprint density at radius 2 is 2.39 bits per heavy atom. The molecular weight excluding hydrogens is 256 g/mol. The second kappa shape index (κ2) is 5.30. The normalized spacial score (nSPS) is 23.7. The zero-order valence-corrected chi connectivity index (χ0v) is 11.2. The average molecular weight is 273 g/mol. The third-order valence-corrected chi connectivity index (χ3v) is 3.58. The Kier molecular flexibility index (Phi) is 3.94. The average Bonchev–Trinajstić information content (AvgIpc) is 2.91. The molecule has 0 bridgehead atoms. The second-order valence-electron chi connectivity index (χ2n) is 4.54. The van der Waals surface area contributed by atoms with Gasteiger partial charge in [0.2, 0.25) is 0 Å². The van der Waals surface area contributed by atoms with E-state index in [1.54, 1.807) is 35.9 Å². The highest BCUT2D eigenvalue weighted by Crippen LogP contribution is 2.23. The van der Waals surface area contributed by atoms with Gasteiger partial charge in [0, 0.05) is 26.9 Å². The van der Waals surface area contributed by atoms with E-state index in [-0.39, 0.29) is 24.7 Å². The number of aliphatic hydroxyl groups is 1. The van der Waals surface area contributed by atoms with Gasteiger partial charge in [0.05, 0.1) is 23.8 Å². The molecule has 0 unspecified atom stereocenters. The van der Waals surface area contributed by atoms with Gasteiger partial charge in [-0.15, -0.1) is 0 Å². The molecule has 1 aromatic rings. The van der Waals surface area contributed by atoms with E-state index in [4.69, 9.17) is 16.3 Å². The van der Waals surface area contributed by atoms with Gasteiger partial charge in [0.25, 0.3) is 5.91 Å². The van der Waals surface area contributed by atoms with Crippen LogP contribution in [0.25, 0.3) is 0 Å². The van der Waals surface area contributed by atoms with Crippen LogP contribution in [-0.4, -0.2) is 52.9 Å². The Bertz CT molecular complexity index is 447. The van der Waals surface area contributed by atoms with Crippen LogP contribution in [0.15, 0.2) is 12.3 Å². The number of hydrogen-bond donors (Lipinski definition) is 1. The van der Waals surface area contributed by atoms with Gasteiger partial charge in [-0.1, -0.05) is 11.6 Å². The van der Waals surface area contributed by atoms with E-state index >= 15 is 0 Å². The molecule has 1 aromatic heterocycles. The van der Waals surface area contributed by atoms with Crippen LogP contribution in [0, 0.1) is 0 Å². The fourth-order valence-corrected chi connectivity index (χ4v) is 2.60. The molecule has 18 heavy (non-hydrogen) atoms. The molecule has 1 amide bonds. The summed E-state index contributed by atoms with van der Waals surface area (Å²) >= 11 is 5.88. The first-order valence-electron chi connectivity index (χ1n) is 5.83. The van der Waals surface area contributed by atoms with Crippen molar-refractivity contribution in [3.63, 3.8) is 0 Å². The zero-order valence-electron chi connectivity index (χ0n) is 10.5. The van der Waals surface area contributed by atoms with Gasteiger partial charge >= 0.3 is 0 Å². The third kappa shape index (κ3) is 2.39. The first-order chi connectivity index (χ1) is 8.56. The van der Waals surface area contributed by atoms with Gasteiger partial charge in [-0.25, -0.2) is 0 Å². The van der Waals surface area contributed by atoms with Gasteiger partial charge in [-0.05, 0) is 12.5 Å². The third-order valence-electron chi connectivity index (χ3n) is 3.37. The van der Waals surface area contributed by atoms with Crippen LogP contribution in [-0.2, 0) is 11.8 Å². The summed E-state index contributed by atoms with van der Waals surface area (Å²) in [6.07, 6.45) is 2.34. The molecule has 5 nitrogen and oxygen atoms in total. The molecule has 1 aliphatic heterocycles. The lowest BCUT2D eigenvalue weighted by atomic mass is 10.2. The lowest BCUT2D eigenvalue weighted by molar-refractivity contribution is 0.0638. The first kappa shape index (κ1) is 13.4. The second-order valence-corrected chi connectivity index (χ2v) is 4.98. The van der Waals surface area contributed by atoms with E-state index in [9.17, 15) is 9.90 Å². The summed E-state index contributed by atoms with van der Waals surface area (Å²) in [5.74, 6) is -0.122. The molecule has 1 N–H and O–H groups in total. The van der Waals surface area contributed by atoms with Crippen LogP contribution in [0.5, 0.6) is 0 Å². The Hall–Kier alpha value is -1.04. The van der Waals surface area contributed by atoms with Crippen LogP contribution in [0.3, 0.4) is 0 Å². The Labute approximate surface area is 111 Å². The maximum Gasteiger partial charge on any atom is 0.270 e. The first-order valence-corrected chi connectivity index (χ1v) is 6.21. The smallest absolute Gasteiger partial charge is 0.270 e. The Balaban J connectivity index is 2.20. The summed E-state index contributed by atoms with van der Waals surface area (Å²) in [6.45, 7) is 0.452. The predicted molar refractivity (Wildman–Crippen MR) is 67.7 cm³/mol. The molecule has 6 heteroatoms. The number of aryl methyl sites for hydroxylation is 1. The summed E-state index contributed by atoms with van der Waals surface area (Å²) in [6, 6.07) is 1.45. The van der Waals surface area contributed by atoms with Gasteiger partial charge < -0.3 is 19.3 Å². The van der Waals surface area contributed by atoms with Crippen molar-refractivity contribution in [2.24, 2.45) is 7.05 Å². The molecule has 1 aliphatic rings. The highest BCUT2D eigenvalue weighted by molar-refractivity contribution is 6.31. The summed E-state index contributed by atoms with van der Waals surface area (Å²) in [7, 11) is 3.39. The molecule has 2 rings (SSSR count). The number of ether oxygens (including phenoxy) is 1. The minimum absolute atomic E-state index is 0.0122. The van der Waals surface area contributed by atoms with Crippen molar-refractivity contribution in [3.8, 4) is 0 Å². The number of rotatable bonds is 3. The number of likely N-dealkylation sites (tertiary alicyclic amines) is 1. The van der Waals surface area contributed by atoms with Crippen molar-refractivity contribution in [1.29, 1.82) is 0 Å². The topological polar surface area (TPSA) is 54.7 Å². The van der Waals surface area contributed by atoms with Crippen molar-refractivity contribution in [2.75, 3.05) is 20.3 Å². The number of hydrogen-bond acceptors (Lipinski definition) is 3. The van der Waals surface area contributed by atoms with Crippen LogP contribution < -0.4 is 0 Å². The van der Waals surface area contributed by atoms with Crippen molar-refractivity contribution in [3.05, 3.63) is 23.0 Å². The largest absolute Gasteiger partial charge is 0.394 e. The van der Waals surface area contributed by atoms with E-state index < -0.39 is 0 Å². The molecule has 2 heterocycles. The zero-order chi connectivity index (χ0) is 13.3. The number of aliphatic hydroxyl groups excluding tert-OH is 1. The lowest BCUT2D eigenvalue weighted by Gasteiger charge is -2.22. The fourth-order valence-electron chi connectivity index (χ4n) is 2.35. The van der Waals surface area contributed by atoms with Gasteiger partial charge in [0.1, 0.15) is 5.69 Å². The van der Waals surface area contributed by atoms with Crippen molar-refractivity contribution >= 4 is 17.5 Å². The number of methoxy groups -OCH3 is 1. The molecule has 2 atom stereocenters. The number of aromatic nitrogens is 1. The predicted octanol–water partition coefficient (Wildman–Crippen LogP) is 0.900. The van der Waals surface area contributed by atoms with Crippen molar-refractivity contribution in [1.82, 2.24) is 9.47 Å². The number of halogens is 1. The monoisotopic (exact) mass is 272 g/mol.